The van der Waals surface area contributed by atoms with Gasteiger partial charge < -0.3 is 5.32 Å². The lowest BCUT2D eigenvalue weighted by Crippen LogP contribution is -2.20. The number of rotatable bonds is 5. The molecule has 0 aliphatic heterocycles. The first kappa shape index (κ1) is 14.0. The molecule has 0 spiro atoms. The third-order valence-corrected chi connectivity index (χ3v) is 3.58. The van der Waals surface area contributed by atoms with Crippen LogP contribution in [0.1, 0.15) is 36.1 Å². The van der Waals surface area contributed by atoms with E-state index in [1.165, 1.54) is 16.7 Å². The molecule has 0 radical (unpaired) electrons. The largest absolute Gasteiger partial charge is 0.306 e. The number of pyridine rings is 1. The van der Waals surface area contributed by atoms with E-state index in [9.17, 15) is 0 Å². The van der Waals surface area contributed by atoms with Crippen LogP contribution in [0.3, 0.4) is 0 Å². The van der Waals surface area contributed by atoms with Gasteiger partial charge in [-0.05, 0) is 48.2 Å². The molecule has 3 heteroatoms. The van der Waals surface area contributed by atoms with Crippen LogP contribution in [0.15, 0.2) is 42.7 Å². The first-order chi connectivity index (χ1) is 9.20. The molecule has 1 aromatic heterocycles. The van der Waals surface area contributed by atoms with Crippen molar-refractivity contribution in [3.63, 3.8) is 0 Å². The van der Waals surface area contributed by atoms with Crippen molar-refractivity contribution in [3.05, 3.63) is 64.4 Å². The van der Waals surface area contributed by atoms with Crippen molar-refractivity contribution in [1.82, 2.24) is 10.3 Å². The minimum absolute atomic E-state index is 0.318. The Morgan fingerprint density at radius 1 is 1.32 bits per heavy atom. The van der Waals surface area contributed by atoms with Crippen molar-refractivity contribution in [3.8, 4) is 0 Å². The molecule has 0 fully saturated rings. The van der Waals surface area contributed by atoms with Crippen LogP contribution in [0.2, 0.25) is 5.02 Å². The number of aromatic nitrogens is 1. The number of nitrogens with one attached hydrogen (secondary N) is 1. The highest BCUT2D eigenvalue weighted by Gasteiger charge is 2.09. The summed E-state index contributed by atoms with van der Waals surface area (Å²) in [4.78, 5) is 4.18. The average Bonchev–Trinajstić information content (AvgIpc) is 2.41. The molecule has 1 aromatic carbocycles. The number of aryl methyl sites for hydroxylation is 1. The van der Waals surface area contributed by atoms with E-state index in [1.807, 2.05) is 36.7 Å². The number of nitrogens with zero attached hydrogens (tertiary/aromatic N) is 1. The zero-order valence-corrected chi connectivity index (χ0v) is 12.1. The molecule has 1 heterocycles. The first-order valence-corrected chi connectivity index (χ1v) is 6.97. The van der Waals surface area contributed by atoms with Gasteiger partial charge in [-0.25, -0.2) is 0 Å². The normalized spacial score (nSPS) is 12.4. The molecule has 1 atom stereocenters. The summed E-state index contributed by atoms with van der Waals surface area (Å²) in [5.41, 5.74) is 3.74. The molecule has 100 valence electrons. The molecule has 19 heavy (non-hydrogen) atoms. The maximum Gasteiger partial charge on any atom is 0.0409 e. The van der Waals surface area contributed by atoms with Crippen LogP contribution in [0.25, 0.3) is 0 Å². The van der Waals surface area contributed by atoms with E-state index < -0.39 is 0 Å². The Hall–Kier alpha value is -1.38. The summed E-state index contributed by atoms with van der Waals surface area (Å²) in [7, 11) is 0. The lowest BCUT2D eigenvalue weighted by molar-refractivity contribution is 0.517. The maximum atomic E-state index is 6.05. The van der Waals surface area contributed by atoms with Gasteiger partial charge in [0.05, 0.1) is 0 Å². The van der Waals surface area contributed by atoms with Crippen LogP contribution < -0.4 is 5.32 Å². The monoisotopic (exact) mass is 274 g/mol. The standard InChI is InChI=1S/C16H19ClN2/c1-3-16(13-5-4-6-15(17)9-13)19-11-14-10-18-8-7-12(14)2/h4-10,16,19H,3,11H2,1-2H3. The van der Waals surface area contributed by atoms with Gasteiger partial charge in [0.15, 0.2) is 0 Å². The van der Waals surface area contributed by atoms with Crippen LogP contribution in [-0.2, 0) is 6.54 Å². The minimum atomic E-state index is 0.318. The van der Waals surface area contributed by atoms with Crippen LogP contribution in [0, 0.1) is 6.92 Å². The molecule has 0 amide bonds. The van der Waals surface area contributed by atoms with Gasteiger partial charge in [-0.2, -0.15) is 0 Å². The highest BCUT2D eigenvalue weighted by molar-refractivity contribution is 6.30. The van der Waals surface area contributed by atoms with E-state index in [0.717, 1.165) is 18.0 Å². The molecule has 0 aliphatic rings. The summed E-state index contributed by atoms with van der Waals surface area (Å²) in [6, 6.07) is 10.4. The number of benzene rings is 1. The van der Waals surface area contributed by atoms with Gasteiger partial charge in [0, 0.05) is 30.0 Å². The molecular formula is C16H19ClN2. The quantitative estimate of drug-likeness (QED) is 0.880. The summed E-state index contributed by atoms with van der Waals surface area (Å²) in [6.07, 6.45) is 4.78. The maximum absolute atomic E-state index is 6.05. The predicted octanol–water partition coefficient (Wildman–Crippen LogP) is 4.28. The third-order valence-electron chi connectivity index (χ3n) is 3.35. The van der Waals surface area contributed by atoms with Gasteiger partial charge in [0.25, 0.3) is 0 Å². The first-order valence-electron chi connectivity index (χ1n) is 6.59. The Bertz CT molecular complexity index is 540. The van der Waals surface area contributed by atoms with E-state index in [1.54, 1.807) is 0 Å². The number of hydrogen-bond acceptors (Lipinski definition) is 2. The molecular weight excluding hydrogens is 256 g/mol. The second-order valence-electron chi connectivity index (χ2n) is 4.70. The molecule has 2 aromatic rings. The molecule has 2 rings (SSSR count). The van der Waals surface area contributed by atoms with Crippen LogP contribution in [0.5, 0.6) is 0 Å². The smallest absolute Gasteiger partial charge is 0.0409 e. The van der Waals surface area contributed by atoms with Gasteiger partial charge in [-0.15, -0.1) is 0 Å². The Morgan fingerprint density at radius 3 is 2.84 bits per heavy atom. The number of hydrogen-bond donors (Lipinski definition) is 1. The molecule has 1 unspecified atom stereocenters. The minimum Gasteiger partial charge on any atom is -0.306 e. The molecule has 0 saturated heterocycles. The topological polar surface area (TPSA) is 24.9 Å². The fourth-order valence-corrected chi connectivity index (χ4v) is 2.33. The second kappa shape index (κ2) is 6.69. The lowest BCUT2D eigenvalue weighted by Gasteiger charge is -2.18. The average molecular weight is 275 g/mol. The Kier molecular flexibility index (Phi) is 4.94. The van der Waals surface area contributed by atoms with Crippen molar-refractivity contribution < 1.29 is 0 Å². The van der Waals surface area contributed by atoms with E-state index in [-0.39, 0.29) is 0 Å². The van der Waals surface area contributed by atoms with Crippen molar-refractivity contribution in [2.45, 2.75) is 32.9 Å². The highest BCUT2D eigenvalue weighted by Crippen LogP contribution is 2.21. The van der Waals surface area contributed by atoms with Crippen molar-refractivity contribution >= 4 is 11.6 Å². The fraction of sp³-hybridized carbons (Fsp3) is 0.312. The third kappa shape index (κ3) is 3.79. The van der Waals surface area contributed by atoms with E-state index in [4.69, 9.17) is 11.6 Å². The summed E-state index contributed by atoms with van der Waals surface area (Å²) in [6.45, 7) is 5.11. The summed E-state index contributed by atoms with van der Waals surface area (Å²) < 4.78 is 0. The molecule has 2 nitrogen and oxygen atoms in total. The summed E-state index contributed by atoms with van der Waals surface area (Å²) >= 11 is 6.05. The van der Waals surface area contributed by atoms with E-state index in [2.05, 4.69) is 30.2 Å². The van der Waals surface area contributed by atoms with E-state index in [0.29, 0.717) is 6.04 Å². The van der Waals surface area contributed by atoms with Crippen LogP contribution >= 0.6 is 11.6 Å². The zero-order valence-electron chi connectivity index (χ0n) is 11.4. The molecule has 1 N–H and O–H groups in total. The number of halogens is 1. The Morgan fingerprint density at radius 2 is 2.16 bits per heavy atom. The Balaban J connectivity index is 2.06. The van der Waals surface area contributed by atoms with Gasteiger partial charge >= 0.3 is 0 Å². The van der Waals surface area contributed by atoms with Crippen molar-refractivity contribution in [2.75, 3.05) is 0 Å². The highest BCUT2D eigenvalue weighted by atomic mass is 35.5. The lowest BCUT2D eigenvalue weighted by atomic mass is 10.0. The van der Waals surface area contributed by atoms with Crippen molar-refractivity contribution in [2.24, 2.45) is 0 Å². The zero-order chi connectivity index (χ0) is 13.7. The van der Waals surface area contributed by atoms with Gasteiger partial charge in [0.1, 0.15) is 0 Å². The molecule has 0 saturated carbocycles. The Labute approximate surface area is 119 Å². The summed E-state index contributed by atoms with van der Waals surface area (Å²) in [5.74, 6) is 0. The fourth-order valence-electron chi connectivity index (χ4n) is 2.14. The van der Waals surface area contributed by atoms with Gasteiger partial charge in [-0.1, -0.05) is 30.7 Å². The van der Waals surface area contributed by atoms with Gasteiger partial charge in [0.2, 0.25) is 0 Å². The molecule has 0 bridgehead atoms. The van der Waals surface area contributed by atoms with E-state index >= 15 is 0 Å². The molecule has 0 aliphatic carbocycles. The SMILES string of the molecule is CCC(NCc1cnccc1C)c1cccc(Cl)c1. The van der Waals surface area contributed by atoms with Gasteiger partial charge in [-0.3, -0.25) is 4.98 Å². The van der Waals surface area contributed by atoms with Crippen LogP contribution in [-0.4, -0.2) is 4.98 Å². The summed E-state index contributed by atoms with van der Waals surface area (Å²) in [5, 5.41) is 4.36. The second-order valence-corrected chi connectivity index (χ2v) is 5.14. The van der Waals surface area contributed by atoms with Crippen LogP contribution in [0.4, 0.5) is 0 Å². The van der Waals surface area contributed by atoms with Crippen molar-refractivity contribution in [1.29, 1.82) is 0 Å². The predicted molar refractivity (Wildman–Crippen MR) is 80.3 cm³/mol.